The molecule has 3 heterocycles. The summed E-state index contributed by atoms with van der Waals surface area (Å²) >= 11 is 0. The molecule has 7 nitrogen and oxygen atoms in total. The predicted octanol–water partition coefficient (Wildman–Crippen LogP) is 4.02. The molecule has 2 fully saturated rings. The van der Waals surface area contributed by atoms with E-state index in [1.165, 1.54) is 6.26 Å². The number of carbonyl (C=O) groups is 3. The zero-order chi connectivity index (χ0) is 24.8. The minimum atomic E-state index is -0.492. The molecule has 0 bridgehead atoms. The lowest BCUT2D eigenvalue weighted by molar-refractivity contribution is -0.136. The maximum Gasteiger partial charge on any atom is 0.289 e. The normalized spacial score (nSPS) is 21.9. The summed E-state index contributed by atoms with van der Waals surface area (Å²) in [4.78, 5) is 46.2. The van der Waals surface area contributed by atoms with Gasteiger partial charge in [0, 0.05) is 37.8 Å². The summed E-state index contributed by atoms with van der Waals surface area (Å²) in [6.07, 6.45) is 3.42. The lowest BCUT2D eigenvalue weighted by Crippen LogP contribution is -2.54. The average molecular weight is 484 g/mol. The van der Waals surface area contributed by atoms with Gasteiger partial charge >= 0.3 is 0 Å². The molecule has 1 aromatic heterocycles. The van der Waals surface area contributed by atoms with Crippen LogP contribution in [0.5, 0.6) is 0 Å². The monoisotopic (exact) mass is 483 g/mol. The van der Waals surface area contributed by atoms with Crippen LogP contribution in [0.2, 0.25) is 0 Å². The number of hydrogen-bond donors (Lipinski definition) is 0. The molecular formula is C29H29N3O4. The Labute approximate surface area is 210 Å². The molecule has 6 rings (SSSR count). The highest BCUT2D eigenvalue weighted by atomic mass is 16.3. The van der Waals surface area contributed by atoms with Gasteiger partial charge in [0.15, 0.2) is 5.76 Å². The molecule has 0 radical (unpaired) electrons. The molecule has 2 aromatic carbocycles. The van der Waals surface area contributed by atoms with E-state index in [-0.39, 0.29) is 29.8 Å². The molecule has 2 unspecified atom stereocenters. The van der Waals surface area contributed by atoms with E-state index in [2.05, 4.69) is 6.07 Å². The Morgan fingerprint density at radius 1 is 0.889 bits per heavy atom. The minimum Gasteiger partial charge on any atom is -0.459 e. The zero-order valence-electron chi connectivity index (χ0n) is 20.3. The second-order valence-corrected chi connectivity index (χ2v) is 9.96. The predicted molar refractivity (Wildman–Crippen MR) is 133 cm³/mol. The van der Waals surface area contributed by atoms with Gasteiger partial charge in [-0.15, -0.1) is 0 Å². The SMILES string of the molecule is Cc1cccc(C2C(C(=O)N3CCN(C(=O)c4ccco4)CC3)c3ccccc3C(=O)N2C2CC2)c1. The highest BCUT2D eigenvalue weighted by Crippen LogP contribution is 2.48. The number of furan rings is 1. The summed E-state index contributed by atoms with van der Waals surface area (Å²) in [7, 11) is 0. The molecule has 3 aromatic rings. The van der Waals surface area contributed by atoms with Gasteiger partial charge in [0.1, 0.15) is 0 Å². The number of rotatable bonds is 4. The molecule has 7 heteroatoms. The average Bonchev–Trinajstić information content (AvgIpc) is 3.59. The van der Waals surface area contributed by atoms with Crippen molar-refractivity contribution in [1.29, 1.82) is 0 Å². The third kappa shape index (κ3) is 3.88. The van der Waals surface area contributed by atoms with Crippen molar-refractivity contribution in [3.05, 3.63) is 94.9 Å². The first-order valence-electron chi connectivity index (χ1n) is 12.6. The van der Waals surface area contributed by atoms with E-state index < -0.39 is 5.92 Å². The molecule has 1 saturated carbocycles. The van der Waals surface area contributed by atoms with Crippen LogP contribution in [0.15, 0.2) is 71.3 Å². The Morgan fingerprint density at radius 3 is 2.33 bits per heavy atom. The molecule has 0 spiro atoms. The topological polar surface area (TPSA) is 74.1 Å². The van der Waals surface area contributed by atoms with Crippen LogP contribution in [0.25, 0.3) is 0 Å². The summed E-state index contributed by atoms with van der Waals surface area (Å²) in [6.45, 7) is 3.82. The maximum atomic E-state index is 14.3. The second-order valence-electron chi connectivity index (χ2n) is 9.96. The summed E-state index contributed by atoms with van der Waals surface area (Å²) in [5, 5.41) is 0. The second kappa shape index (κ2) is 8.97. The number of fused-ring (bicyclic) bond motifs is 1. The standard InChI is InChI=1S/C29H29N3O4/c1-19-6-4-7-20(18-19)26-25(22-8-2-3-9-23(22)27(33)32(26)21-11-12-21)29(35)31-15-13-30(14-16-31)28(34)24-10-5-17-36-24/h2-10,17-18,21,25-26H,11-16H2,1H3. The Kier molecular flexibility index (Phi) is 5.63. The zero-order valence-corrected chi connectivity index (χ0v) is 20.3. The van der Waals surface area contributed by atoms with E-state index in [9.17, 15) is 14.4 Å². The third-order valence-corrected chi connectivity index (χ3v) is 7.58. The van der Waals surface area contributed by atoms with Crippen LogP contribution < -0.4 is 0 Å². The molecule has 36 heavy (non-hydrogen) atoms. The van der Waals surface area contributed by atoms with Crippen molar-refractivity contribution >= 4 is 17.7 Å². The number of nitrogens with zero attached hydrogens (tertiary/aromatic N) is 3. The van der Waals surface area contributed by atoms with Crippen LogP contribution in [-0.4, -0.2) is 64.6 Å². The van der Waals surface area contributed by atoms with Crippen molar-refractivity contribution in [2.45, 2.75) is 37.8 Å². The van der Waals surface area contributed by atoms with Crippen molar-refractivity contribution in [2.24, 2.45) is 0 Å². The molecule has 3 amide bonds. The van der Waals surface area contributed by atoms with Gasteiger partial charge in [-0.1, -0.05) is 48.0 Å². The van der Waals surface area contributed by atoms with Crippen molar-refractivity contribution in [2.75, 3.05) is 26.2 Å². The van der Waals surface area contributed by atoms with Crippen LogP contribution in [0, 0.1) is 6.92 Å². The lowest BCUT2D eigenvalue weighted by atomic mass is 9.78. The Bertz CT molecular complexity index is 1310. The molecule has 3 aliphatic rings. The first-order chi connectivity index (χ1) is 17.5. The smallest absolute Gasteiger partial charge is 0.289 e. The van der Waals surface area contributed by atoms with Gasteiger partial charge in [-0.2, -0.15) is 0 Å². The van der Waals surface area contributed by atoms with E-state index >= 15 is 0 Å². The fourth-order valence-electron chi connectivity index (χ4n) is 5.66. The third-order valence-electron chi connectivity index (χ3n) is 7.58. The van der Waals surface area contributed by atoms with Crippen LogP contribution in [-0.2, 0) is 4.79 Å². The highest BCUT2D eigenvalue weighted by molar-refractivity contribution is 6.01. The van der Waals surface area contributed by atoms with Gasteiger partial charge in [0.05, 0.1) is 18.2 Å². The number of carbonyl (C=O) groups excluding carboxylic acids is 3. The van der Waals surface area contributed by atoms with Crippen LogP contribution in [0.3, 0.4) is 0 Å². The number of piperazine rings is 1. The molecule has 1 saturated heterocycles. The largest absolute Gasteiger partial charge is 0.459 e. The first kappa shape index (κ1) is 22.6. The van der Waals surface area contributed by atoms with Gasteiger partial charge in [-0.3, -0.25) is 14.4 Å². The van der Waals surface area contributed by atoms with Gasteiger partial charge in [-0.25, -0.2) is 0 Å². The van der Waals surface area contributed by atoms with Crippen molar-refractivity contribution < 1.29 is 18.8 Å². The Hall–Kier alpha value is -3.87. The van der Waals surface area contributed by atoms with Crippen molar-refractivity contribution in [1.82, 2.24) is 14.7 Å². The molecule has 1 aliphatic carbocycles. The van der Waals surface area contributed by atoms with Gasteiger partial charge in [0.2, 0.25) is 5.91 Å². The Morgan fingerprint density at radius 2 is 1.64 bits per heavy atom. The van der Waals surface area contributed by atoms with Gasteiger partial charge in [0.25, 0.3) is 11.8 Å². The van der Waals surface area contributed by atoms with Gasteiger partial charge in [-0.05, 0) is 49.1 Å². The fourth-order valence-corrected chi connectivity index (χ4v) is 5.66. The maximum absolute atomic E-state index is 14.3. The molecule has 2 aliphatic heterocycles. The number of benzene rings is 2. The summed E-state index contributed by atoms with van der Waals surface area (Å²) in [6, 6.07) is 18.9. The number of hydrogen-bond acceptors (Lipinski definition) is 4. The van der Waals surface area contributed by atoms with Crippen molar-refractivity contribution in [3.8, 4) is 0 Å². The Balaban J connectivity index is 1.34. The van der Waals surface area contributed by atoms with Crippen molar-refractivity contribution in [3.63, 3.8) is 0 Å². The van der Waals surface area contributed by atoms with Crippen LogP contribution in [0.4, 0.5) is 0 Å². The van der Waals surface area contributed by atoms with Gasteiger partial charge < -0.3 is 19.1 Å². The van der Waals surface area contributed by atoms with E-state index in [0.717, 1.165) is 29.5 Å². The molecule has 0 N–H and O–H groups in total. The molecule has 2 atom stereocenters. The quantitative estimate of drug-likeness (QED) is 0.562. The van der Waals surface area contributed by atoms with E-state index in [4.69, 9.17) is 4.42 Å². The summed E-state index contributed by atoms with van der Waals surface area (Å²) in [5.74, 6) is -0.310. The molecular weight excluding hydrogens is 454 g/mol. The fraction of sp³-hybridized carbons (Fsp3) is 0.345. The minimum absolute atomic E-state index is 0.0113. The van der Waals surface area contributed by atoms with E-state index in [1.807, 2.05) is 59.2 Å². The van der Waals surface area contributed by atoms with E-state index in [1.54, 1.807) is 17.0 Å². The van der Waals surface area contributed by atoms with Crippen LogP contribution in [0.1, 0.15) is 62.4 Å². The number of aryl methyl sites for hydroxylation is 1. The summed E-state index contributed by atoms with van der Waals surface area (Å²) < 4.78 is 5.27. The molecule has 184 valence electrons. The number of amides is 3. The van der Waals surface area contributed by atoms with E-state index in [0.29, 0.717) is 37.5 Å². The lowest BCUT2D eigenvalue weighted by Gasteiger charge is -2.44. The highest BCUT2D eigenvalue weighted by Gasteiger charge is 2.50. The van der Waals surface area contributed by atoms with Crippen LogP contribution >= 0.6 is 0 Å². The first-order valence-corrected chi connectivity index (χ1v) is 12.6. The summed E-state index contributed by atoms with van der Waals surface area (Å²) in [5.41, 5.74) is 3.52.